The minimum atomic E-state index is -1.04. The molecule has 0 unspecified atom stereocenters. The molecule has 1 radical (unpaired) electrons. The molecule has 0 aliphatic heterocycles. The molecule has 109 valence electrons. The van der Waals surface area contributed by atoms with E-state index in [-0.39, 0.29) is 0 Å². The molecular formula is C16H29O2Si. The molecule has 2 aliphatic rings. The summed E-state index contributed by atoms with van der Waals surface area (Å²) in [4.78, 5) is 0. The van der Waals surface area contributed by atoms with E-state index in [1.807, 2.05) is 0 Å². The summed E-state index contributed by atoms with van der Waals surface area (Å²) in [5, 5.41) is 0. The molecule has 0 aromatic rings. The zero-order chi connectivity index (χ0) is 13.3. The van der Waals surface area contributed by atoms with E-state index in [0.29, 0.717) is 0 Å². The lowest BCUT2D eigenvalue weighted by molar-refractivity contribution is 0.204. The molecular weight excluding hydrogens is 252 g/mol. The second-order valence-corrected chi connectivity index (χ2v) is 7.90. The van der Waals surface area contributed by atoms with Crippen LogP contribution in [0.3, 0.4) is 0 Å². The van der Waals surface area contributed by atoms with Crippen molar-refractivity contribution < 1.29 is 8.85 Å². The minimum Gasteiger partial charge on any atom is -0.393 e. The van der Waals surface area contributed by atoms with Crippen molar-refractivity contribution in [1.82, 2.24) is 0 Å². The Morgan fingerprint density at radius 3 is 2.32 bits per heavy atom. The summed E-state index contributed by atoms with van der Waals surface area (Å²) in [5.41, 5.74) is 0.721. The quantitative estimate of drug-likeness (QED) is 0.501. The Labute approximate surface area is 120 Å². The van der Waals surface area contributed by atoms with E-state index in [4.69, 9.17) is 8.85 Å². The number of hydrogen-bond acceptors (Lipinski definition) is 2. The molecule has 2 rings (SSSR count). The van der Waals surface area contributed by atoms with Gasteiger partial charge in [-0.2, -0.15) is 0 Å². The molecule has 2 fully saturated rings. The van der Waals surface area contributed by atoms with Crippen molar-refractivity contribution in [3.8, 4) is 0 Å². The molecule has 2 nitrogen and oxygen atoms in total. The maximum Gasteiger partial charge on any atom is 0.388 e. The van der Waals surface area contributed by atoms with E-state index < -0.39 is 9.28 Å². The summed E-state index contributed by atoms with van der Waals surface area (Å²) in [7, 11) is -1.04. The number of rotatable bonds is 7. The van der Waals surface area contributed by atoms with Crippen LogP contribution in [0.15, 0.2) is 12.2 Å². The maximum atomic E-state index is 6.07. The van der Waals surface area contributed by atoms with Gasteiger partial charge in [-0.1, -0.05) is 44.3 Å². The smallest absolute Gasteiger partial charge is 0.388 e. The molecule has 0 aromatic carbocycles. The molecule has 2 aliphatic carbocycles. The Balaban J connectivity index is 1.69. The van der Waals surface area contributed by atoms with Crippen molar-refractivity contribution in [3.05, 3.63) is 12.2 Å². The van der Waals surface area contributed by atoms with Crippen molar-refractivity contribution in [2.75, 3.05) is 13.2 Å². The summed E-state index contributed by atoms with van der Waals surface area (Å²) in [6.07, 6.45) is 17.0. The van der Waals surface area contributed by atoms with Crippen LogP contribution >= 0.6 is 0 Å². The molecule has 0 saturated heterocycles. The lowest BCUT2D eigenvalue weighted by Gasteiger charge is -2.26. The van der Waals surface area contributed by atoms with Gasteiger partial charge in [-0.15, -0.1) is 0 Å². The first-order chi connectivity index (χ1) is 9.40. The Bertz CT molecular complexity index is 255. The Hall–Kier alpha value is -0.123. The standard InChI is InChI=1S/C16H29O2Si/c1-2-17-19(16-12-4-3-5-13-16)18-14-8-11-15-9-6-7-10-15/h8,11,15-16H,2-7,9-10,12-14H2,1H3. The summed E-state index contributed by atoms with van der Waals surface area (Å²) in [6, 6.07) is 0. The molecule has 3 heteroatoms. The van der Waals surface area contributed by atoms with Gasteiger partial charge in [0.05, 0.1) is 6.61 Å². The van der Waals surface area contributed by atoms with Crippen molar-refractivity contribution >= 4 is 9.28 Å². The van der Waals surface area contributed by atoms with E-state index in [9.17, 15) is 0 Å². The predicted molar refractivity (Wildman–Crippen MR) is 81.3 cm³/mol. The van der Waals surface area contributed by atoms with Crippen LogP contribution in [0.4, 0.5) is 0 Å². The van der Waals surface area contributed by atoms with Crippen LogP contribution in [0.2, 0.25) is 5.54 Å². The second kappa shape index (κ2) is 8.93. The van der Waals surface area contributed by atoms with E-state index in [1.54, 1.807) is 0 Å². The second-order valence-electron chi connectivity index (χ2n) is 5.87. The fourth-order valence-corrected chi connectivity index (χ4v) is 5.27. The third-order valence-electron chi connectivity index (χ3n) is 4.35. The first-order valence-electron chi connectivity index (χ1n) is 8.19. The number of hydrogen-bond donors (Lipinski definition) is 0. The highest BCUT2D eigenvalue weighted by Gasteiger charge is 2.29. The Morgan fingerprint density at radius 1 is 0.947 bits per heavy atom. The zero-order valence-electron chi connectivity index (χ0n) is 12.4. The van der Waals surface area contributed by atoms with Gasteiger partial charge in [-0.05, 0) is 38.5 Å². The van der Waals surface area contributed by atoms with Gasteiger partial charge in [-0.3, -0.25) is 0 Å². The number of allylic oxidation sites excluding steroid dienone is 1. The van der Waals surface area contributed by atoms with Gasteiger partial charge in [0, 0.05) is 12.1 Å². The first-order valence-corrected chi connectivity index (χ1v) is 9.58. The average Bonchev–Trinajstić information content (AvgIpc) is 2.96. The topological polar surface area (TPSA) is 18.5 Å². The van der Waals surface area contributed by atoms with Crippen LogP contribution < -0.4 is 0 Å². The molecule has 0 spiro atoms. The van der Waals surface area contributed by atoms with Crippen LogP contribution in [0.5, 0.6) is 0 Å². The molecule has 0 heterocycles. The van der Waals surface area contributed by atoms with Crippen LogP contribution in [0.25, 0.3) is 0 Å². The molecule has 0 aromatic heterocycles. The van der Waals surface area contributed by atoms with Crippen LogP contribution in [-0.2, 0) is 8.85 Å². The van der Waals surface area contributed by atoms with Gasteiger partial charge < -0.3 is 8.85 Å². The molecule has 0 N–H and O–H groups in total. The molecule has 2 saturated carbocycles. The van der Waals surface area contributed by atoms with Gasteiger partial charge in [0.1, 0.15) is 0 Å². The Morgan fingerprint density at radius 2 is 1.63 bits per heavy atom. The fourth-order valence-electron chi connectivity index (χ4n) is 3.29. The highest BCUT2D eigenvalue weighted by atomic mass is 28.3. The summed E-state index contributed by atoms with van der Waals surface area (Å²) in [5.74, 6) is 0.820. The van der Waals surface area contributed by atoms with Gasteiger partial charge in [0.2, 0.25) is 0 Å². The zero-order valence-corrected chi connectivity index (χ0v) is 13.4. The molecule has 0 atom stereocenters. The van der Waals surface area contributed by atoms with E-state index in [1.165, 1.54) is 57.8 Å². The van der Waals surface area contributed by atoms with Gasteiger partial charge in [0.15, 0.2) is 0 Å². The van der Waals surface area contributed by atoms with Crippen molar-refractivity contribution in [2.24, 2.45) is 5.92 Å². The monoisotopic (exact) mass is 281 g/mol. The van der Waals surface area contributed by atoms with Crippen molar-refractivity contribution in [1.29, 1.82) is 0 Å². The van der Waals surface area contributed by atoms with E-state index in [2.05, 4.69) is 19.1 Å². The lowest BCUT2D eigenvalue weighted by atomic mass is 10.0. The highest BCUT2D eigenvalue weighted by Crippen LogP contribution is 2.32. The van der Waals surface area contributed by atoms with Crippen molar-refractivity contribution in [2.45, 2.75) is 70.3 Å². The van der Waals surface area contributed by atoms with Gasteiger partial charge in [0.25, 0.3) is 0 Å². The maximum absolute atomic E-state index is 6.07. The third kappa shape index (κ3) is 5.40. The van der Waals surface area contributed by atoms with Crippen LogP contribution in [0.1, 0.15) is 64.7 Å². The van der Waals surface area contributed by atoms with Crippen LogP contribution in [0, 0.1) is 5.92 Å². The first kappa shape index (κ1) is 15.3. The van der Waals surface area contributed by atoms with Gasteiger partial charge >= 0.3 is 9.28 Å². The normalized spacial score (nSPS) is 22.8. The molecule has 19 heavy (non-hydrogen) atoms. The SMILES string of the molecule is CCO[Si](OCC=CC1CCCC1)C1CCCCC1. The molecule has 0 amide bonds. The minimum absolute atomic E-state index is 0.721. The average molecular weight is 281 g/mol. The van der Waals surface area contributed by atoms with Gasteiger partial charge in [-0.25, -0.2) is 0 Å². The summed E-state index contributed by atoms with van der Waals surface area (Å²) < 4.78 is 12.0. The summed E-state index contributed by atoms with van der Waals surface area (Å²) in [6.45, 7) is 3.66. The van der Waals surface area contributed by atoms with Crippen molar-refractivity contribution in [3.63, 3.8) is 0 Å². The van der Waals surface area contributed by atoms with E-state index in [0.717, 1.165) is 24.7 Å². The fraction of sp³-hybridized carbons (Fsp3) is 0.875. The van der Waals surface area contributed by atoms with E-state index >= 15 is 0 Å². The Kier molecular flexibility index (Phi) is 7.18. The van der Waals surface area contributed by atoms with Crippen LogP contribution in [-0.4, -0.2) is 22.5 Å². The predicted octanol–water partition coefficient (Wildman–Crippen LogP) is 4.61. The third-order valence-corrected chi connectivity index (χ3v) is 6.62. The lowest BCUT2D eigenvalue weighted by Crippen LogP contribution is -2.30. The largest absolute Gasteiger partial charge is 0.393 e. The highest BCUT2D eigenvalue weighted by molar-refractivity contribution is 6.46. The summed E-state index contributed by atoms with van der Waals surface area (Å²) >= 11 is 0. The molecule has 0 bridgehead atoms.